The van der Waals surface area contributed by atoms with Crippen LogP contribution in [0.25, 0.3) is 5.69 Å². The first-order chi connectivity index (χ1) is 8.88. The van der Waals surface area contributed by atoms with Crippen LogP contribution in [0.4, 0.5) is 18.9 Å². The van der Waals surface area contributed by atoms with Gasteiger partial charge in [-0.05, 0) is 12.1 Å². The van der Waals surface area contributed by atoms with Crippen LogP contribution in [0.1, 0.15) is 5.56 Å². The van der Waals surface area contributed by atoms with Gasteiger partial charge < -0.3 is 4.90 Å². The van der Waals surface area contributed by atoms with Gasteiger partial charge >= 0.3 is 6.18 Å². The Bertz CT molecular complexity index is 542. The summed E-state index contributed by atoms with van der Waals surface area (Å²) in [6.45, 7) is 0. The maximum Gasteiger partial charge on any atom is 0.416 e. The maximum absolute atomic E-state index is 12.5. The number of aromatic nitrogens is 1. The molecular formula is C14H14F3N2+. The molecule has 0 atom stereocenters. The first-order valence-corrected chi connectivity index (χ1v) is 5.74. The molecule has 1 heterocycles. The van der Waals surface area contributed by atoms with E-state index < -0.39 is 11.7 Å². The fourth-order valence-electron chi connectivity index (χ4n) is 1.71. The number of rotatable bonds is 2. The quantitative estimate of drug-likeness (QED) is 0.759. The highest BCUT2D eigenvalue weighted by Gasteiger charge is 2.30. The van der Waals surface area contributed by atoms with Gasteiger partial charge in [0.15, 0.2) is 12.4 Å². The Morgan fingerprint density at radius 2 is 1.42 bits per heavy atom. The number of alkyl halides is 3. The van der Waals surface area contributed by atoms with Crippen LogP contribution in [0.3, 0.4) is 0 Å². The third-order valence-corrected chi connectivity index (χ3v) is 2.82. The SMILES string of the molecule is CN(C)c1cc[n+](-c2ccc(C(F)(F)F)cc2)cc1. The number of pyridine rings is 1. The lowest BCUT2D eigenvalue weighted by Gasteiger charge is -2.10. The highest BCUT2D eigenvalue weighted by Crippen LogP contribution is 2.29. The highest BCUT2D eigenvalue weighted by atomic mass is 19.4. The third-order valence-electron chi connectivity index (χ3n) is 2.82. The van der Waals surface area contributed by atoms with Crippen molar-refractivity contribution in [1.29, 1.82) is 0 Å². The van der Waals surface area contributed by atoms with Crippen molar-refractivity contribution in [2.45, 2.75) is 6.18 Å². The van der Waals surface area contributed by atoms with E-state index in [2.05, 4.69) is 0 Å². The molecular weight excluding hydrogens is 253 g/mol. The predicted octanol–water partition coefficient (Wildman–Crippen LogP) is 3.05. The van der Waals surface area contributed by atoms with Crippen molar-refractivity contribution in [1.82, 2.24) is 0 Å². The minimum Gasteiger partial charge on any atom is -0.377 e. The molecule has 1 aromatic carbocycles. The normalized spacial score (nSPS) is 11.4. The van der Waals surface area contributed by atoms with Gasteiger partial charge in [-0.15, -0.1) is 0 Å². The van der Waals surface area contributed by atoms with Crippen LogP contribution < -0.4 is 9.47 Å². The van der Waals surface area contributed by atoms with Crippen molar-refractivity contribution in [3.63, 3.8) is 0 Å². The van der Waals surface area contributed by atoms with Crippen molar-refractivity contribution in [3.8, 4) is 5.69 Å². The molecule has 0 unspecified atom stereocenters. The van der Waals surface area contributed by atoms with E-state index in [9.17, 15) is 13.2 Å². The van der Waals surface area contributed by atoms with Crippen molar-refractivity contribution >= 4 is 5.69 Å². The molecule has 1 aromatic heterocycles. The van der Waals surface area contributed by atoms with E-state index in [4.69, 9.17) is 0 Å². The second kappa shape index (κ2) is 4.91. The second-order valence-corrected chi connectivity index (χ2v) is 4.40. The smallest absolute Gasteiger partial charge is 0.377 e. The van der Waals surface area contributed by atoms with Gasteiger partial charge in [0.25, 0.3) is 0 Å². The molecule has 0 N–H and O–H groups in total. The molecule has 0 saturated carbocycles. The lowest BCUT2D eigenvalue weighted by molar-refractivity contribution is -0.595. The fraction of sp³-hybridized carbons (Fsp3) is 0.214. The summed E-state index contributed by atoms with van der Waals surface area (Å²) in [5, 5.41) is 0. The van der Waals surface area contributed by atoms with Crippen LogP contribution in [-0.2, 0) is 6.18 Å². The van der Waals surface area contributed by atoms with E-state index in [0.29, 0.717) is 5.69 Å². The van der Waals surface area contributed by atoms with Crippen LogP contribution in [0.15, 0.2) is 48.8 Å². The Kier molecular flexibility index (Phi) is 3.46. The van der Waals surface area contributed by atoms with Crippen LogP contribution in [0, 0.1) is 0 Å². The lowest BCUT2D eigenvalue weighted by Crippen LogP contribution is -2.29. The second-order valence-electron chi connectivity index (χ2n) is 4.40. The molecule has 0 bridgehead atoms. The number of hydrogen-bond acceptors (Lipinski definition) is 1. The summed E-state index contributed by atoms with van der Waals surface area (Å²) < 4.78 is 39.1. The van der Waals surface area contributed by atoms with E-state index in [-0.39, 0.29) is 0 Å². The number of anilines is 1. The zero-order valence-electron chi connectivity index (χ0n) is 10.6. The van der Waals surface area contributed by atoms with Crippen molar-refractivity contribution in [3.05, 3.63) is 54.4 Å². The molecule has 0 aliphatic heterocycles. The lowest BCUT2D eigenvalue weighted by atomic mass is 10.2. The van der Waals surface area contributed by atoms with Crippen molar-refractivity contribution in [2.75, 3.05) is 19.0 Å². The fourth-order valence-corrected chi connectivity index (χ4v) is 1.71. The van der Waals surface area contributed by atoms with Crippen LogP contribution >= 0.6 is 0 Å². The third kappa shape index (κ3) is 3.05. The number of halogens is 3. The Hall–Kier alpha value is -2.04. The zero-order valence-corrected chi connectivity index (χ0v) is 10.6. The van der Waals surface area contributed by atoms with Gasteiger partial charge in [-0.3, -0.25) is 0 Å². The molecule has 5 heteroatoms. The van der Waals surface area contributed by atoms with Gasteiger partial charge in [-0.25, -0.2) is 0 Å². The van der Waals surface area contributed by atoms with Gasteiger partial charge in [0, 0.05) is 44.0 Å². The summed E-state index contributed by atoms with van der Waals surface area (Å²) in [6, 6.07) is 8.88. The van der Waals surface area contributed by atoms with Gasteiger partial charge in [0.1, 0.15) is 0 Å². The molecule has 0 spiro atoms. The summed E-state index contributed by atoms with van der Waals surface area (Å²) in [6.07, 6.45) is -0.659. The first-order valence-electron chi connectivity index (χ1n) is 5.74. The first kappa shape index (κ1) is 13.4. The van der Waals surface area contributed by atoms with E-state index in [1.54, 1.807) is 4.57 Å². The van der Waals surface area contributed by atoms with E-state index >= 15 is 0 Å². The van der Waals surface area contributed by atoms with Gasteiger partial charge in [0.05, 0.1) is 5.56 Å². The maximum atomic E-state index is 12.5. The molecule has 100 valence electrons. The average Bonchev–Trinajstić information content (AvgIpc) is 2.38. The monoisotopic (exact) mass is 267 g/mol. The Balaban J connectivity index is 2.27. The molecule has 0 aliphatic rings. The van der Waals surface area contributed by atoms with Gasteiger partial charge in [-0.2, -0.15) is 17.7 Å². The van der Waals surface area contributed by atoms with Crippen LogP contribution in [-0.4, -0.2) is 14.1 Å². The molecule has 2 nitrogen and oxygen atoms in total. The molecule has 0 fully saturated rings. The molecule has 0 saturated heterocycles. The predicted molar refractivity (Wildman–Crippen MR) is 67.3 cm³/mol. The highest BCUT2D eigenvalue weighted by molar-refractivity contribution is 5.42. The summed E-state index contributed by atoms with van der Waals surface area (Å²) in [4.78, 5) is 1.96. The number of nitrogens with zero attached hydrogens (tertiary/aromatic N) is 2. The largest absolute Gasteiger partial charge is 0.416 e. The summed E-state index contributed by atoms with van der Waals surface area (Å²) >= 11 is 0. The Morgan fingerprint density at radius 1 is 0.895 bits per heavy atom. The van der Waals surface area contributed by atoms with Gasteiger partial charge in [0.2, 0.25) is 5.69 Å². The summed E-state index contributed by atoms with van der Waals surface area (Å²) in [5.41, 5.74) is 1.09. The van der Waals surface area contributed by atoms with E-state index in [1.165, 1.54) is 12.1 Å². The summed E-state index contributed by atoms with van der Waals surface area (Å²) in [7, 11) is 3.86. The molecule has 19 heavy (non-hydrogen) atoms. The van der Waals surface area contributed by atoms with Crippen LogP contribution in [0.2, 0.25) is 0 Å². The van der Waals surface area contributed by atoms with Crippen molar-refractivity contribution in [2.24, 2.45) is 0 Å². The minimum atomic E-state index is -4.29. The van der Waals surface area contributed by atoms with Crippen LogP contribution in [0.5, 0.6) is 0 Å². The molecule has 0 aliphatic carbocycles. The topological polar surface area (TPSA) is 7.12 Å². The van der Waals surface area contributed by atoms with E-state index in [0.717, 1.165) is 17.8 Å². The molecule has 2 aromatic rings. The minimum absolute atomic E-state index is 0.637. The standard InChI is InChI=1S/C14H14F3N2/c1-18(2)12-7-9-19(10-8-12)13-5-3-11(4-6-13)14(15,16)17/h3-10H,1-2H3/q+1. The number of hydrogen-bond donors (Lipinski definition) is 0. The Labute approximate surface area is 109 Å². The molecule has 0 amide bonds. The van der Waals surface area contributed by atoms with Crippen molar-refractivity contribution < 1.29 is 17.7 Å². The molecule has 0 radical (unpaired) electrons. The van der Waals surface area contributed by atoms with Gasteiger partial charge in [-0.1, -0.05) is 0 Å². The Morgan fingerprint density at radius 3 is 1.84 bits per heavy atom. The average molecular weight is 267 g/mol. The summed E-state index contributed by atoms with van der Waals surface area (Å²) in [5.74, 6) is 0. The zero-order chi connectivity index (χ0) is 14.0. The number of benzene rings is 1. The molecule has 2 rings (SSSR count). The van der Waals surface area contributed by atoms with E-state index in [1.807, 2.05) is 43.5 Å².